The summed E-state index contributed by atoms with van der Waals surface area (Å²) in [6.45, 7) is 17.4. The van der Waals surface area contributed by atoms with Crippen molar-refractivity contribution in [3.8, 4) is 0 Å². The zero-order valence-corrected chi connectivity index (χ0v) is 36.1. The number of amides is 2. The van der Waals surface area contributed by atoms with E-state index in [0.717, 1.165) is 10.4 Å². The van der Waals surface area contributed by atoms with E-state index < -0.39 is 62.0 Å². The molecule has 2 heterocycles. The minimum Gasteiger partial charge on any atom is -0.481 e. The molecule has 13 nitrogen and oxygen atoms in total. The minimum atomic E-state index is -2.77. The second-order valence-electron chi connectivity index (χ2n) is 16.5. The van der Waals surface area contributed by atoms with Gasteiger partial charge in [0.15, 0.2) is 0 Å². The van der Waals surface area contributed by atoms with E-state index in [-0.39, 0.29) is 29.1 Å². The van der Waals surface area contributed by atoms with Crippen LogP contribution in [0.25, 0.3) is 0 Å². The number of aromatic nitrogens is 1. The largest absolute Gasteiger partial charge is 0.481 e. The molecule has 0 aliphatic carbocycles. The van der Waals surface area contributed by atoms with E-state index in [1.165, 1.54) is 18.0 Å². The Bertz CT molecular complexity index is 1870. The lowest BCUT2D eigenvalue weighted by Crippen LogP contribution is -2.66. The van der Waals surface area contributed by atoms with Crippen molar-refractivity contribution in [2.75, 3.05) is 12.4 Å². The van der Waals surface area contributed by atoms with Crippen molar-refractivity contribution in [3.63, 3.8) is 0 Å². The second kappa shape index (κ2) is 19.1. The third-order valence-corrected chi connectivity index (χ3v) is 15.4. The molecule has 3 aromatic rings. The molecular weight excluding hydrogens is 765 g/mol. The molecule has 4 rings (SSSR count). The summed E-state index contributed by atoms with van der Waals surface area (Å²) in [5.41, 5.74) is -1.50. The first-order valence-electron chi connectivity index (χ1n) is 19.0. The van der Waals surface area contributed by atoms with Gasteiger partial charge in [0.1, 0.15) is 40.3 Å². The highest BCUT2D eigenvalue weighted by atomic mass is 32.2. The van der Waals surface area contributed by atoms with Gasteiger partial charge in [-0.3, -0.25) is 14.6 Å². The molecule has 0 bridgehead atoms. The van der Waals surface area contributed by atoms with E-state index in [1.807, 2.05) is 36.4 Å². The van der Waals surface area contributed by atoms with E-state index in [2.05, 4.69) is 65.6 Å². The van der Waals surface area contributed by atoms with Crippen molar-refractivity contribution in [3.05, 3.63) is 90.7 Å². The van der Waals surface area contributed by atoms with Crippen LogP contribution < -0.4 is 21.0 Å². The number of alkyl carbamates (subject to hydrolysis) is 1. The molecule has 2 aromatic carbocycles. The molecule has 308 valence electrons. The van der Waals surface area contributed by atoms with E-state index >= 15 is 0 Å². The number of carboxylic acid groups (broad SMARTS) is 1. The fraction of sp³-hybridized carbons (Fsp3) is 0.476. The maximum absolute atomic E-state index is 13.7. The van der Waals surface area contributed by atoms with E-state index in [0.29, 0.717) is 23.8 Å². The van der Waals surface area contributed by atoms with E-state index in [1.54, 1.807) is 53.7 Å². The topological polar surface area (TPSA) is 179 Å². The highest BCUT2D eigenvalue weighted by Crippen LogP contribution is 2.37. The Kier molecular flexibility index (Phi) is 15.1. The summed E-state index contributed by atoms with van der Waals surface area (Å²) in [4.78, 5) is 60.1. The normalized spacial score (nSPS) is 17.2. The molecule has 0 saturated heterocycles. The van der Waals surface area contributed by atoms with Gasteiger partial charge in [0.2, 0.25) is 11.8 Å². The Balaban J connectivity index is 1.40. The lowest BCUT2D eigenvalue weighted by molar-refractivity contribution is -0.155. The summed E-state index contributed by atoms with van der Waals surface area (Å²) >= 11 is 1.31. The molecule has 3 atom stereocenters. The molecule has 0 fully saturated rings. The van der Waals surface area contributed by atoms with Crippen LogP contribution in [0.4, 0.5) is 4.79 Å². The van der Waals surface area contributed by atoms with Crippen LogP contribution in [0.3, 0.4) is 0 Å². The first-order chi connectivity index (χ1) is 26.7. The number of carbonyl (C=O) groups excluding carboxylic acids is 3. The number of carbonyl (C=O) groups is 4. The Hall–Kier alpha value is -4.73. The van der Waals surface area contributed by atoms with Crippen LogP contribution in [0.1, 0.15) is 86.7 Å². The van der Waals surface area contributed by atoms with Gasteiger partial charge in [0.25, 0.3) is 8.32 Å². The van der Waals surface area contributed by atoms with Crippen LogP contribution in [0.15, 0.2) is 88.5 Å². The summed E-state index contributed by atoms with van der Waals surface area (Å²) in [6.07, 6.45) is 3.05. The third kappa shape index (κ3) is 12.1. The van der Waals surface area contributed by atoms with E-state index in [9.17, 15) is 24.3 Å². The standard InChI is InChI=1S/C42H56N4O9SSi/c1-28(2)35(45-38(50)42(9)27-56-36(46-42)32-26-52-33(44-32)25-43-39(51)55-40(3,4)5)37(49)54-29(24-34(47)48)18-16-17-23-53-57(41(6,7)8,30-19-12-10-13-20-30)31-21-14-11-15-22-31/h10-16,18-22,26,28-29,35H,17,23-25,27H2,1-9H3,(H,43,51)(H,45,50)(H,47,48)/b18-16+/t29?,35?,42-/m0/s1. The lowest BCUT2D eigenvalue weighted by Gasteiger charge is -2.43. The van der Waals surface area contributed by atoms with Gasteiger partial charge in [0.05, 0.1) is 13.0 Å². The molecule has 0 radical (unpaired) electrons. The van der Waals surface area contributed by atoms with Crippen LogP contribution in [0.5, 0.6) is 0 Å². The average molecular weight is 821 g/mol. The second-order valence-corrected chi connectivity index (χ2v) is 21.7. The van der Waals surface area contributed by atoms with Crippen molar-refractivity contribution >= 4 is 59.4 Å². The van der Waals surface area contributed by atoms with Gasteiger partial charge in [-0.1, -0.05) is 101 Å². The van der Waals surface area contributed by atoms with Crippen molar-refractivity contribution in [1.82, 2.24) is 15.6 Å². The van der Waals surface area contributed by atoms with Crippen LogP contribution in [-0.4, -0.2) is 83.0 Å². The summed E-state index contributed by atoms with van der Waals surface area (Å²) in [6, 6.07) is 19.5. The zero-order chi connectivity index (χ0) is 42.0. The number of benzene rings is 2. The Morgan fingerprint density at radius 2 is 1.61 bits per heavy atom. The first kappa shape index (κ1) is 45.0. The summed E-state index contributed by atoms with van der Waals surface area (Å²) < 4.78 is 23.4. The monoisotopic (exact) mass is 820 g/mol. The molecule has 2 unspecified atom stereocenters. The minimum absolute atomic E-state index is 0.00337. The predicted molar refractivity (Wildman–Crippen MR) is 223 cm³/mol. The molecule has 3 N–H and O–H groups in total. The number of nitrogens with one attached hydrogen (secondary N) is 2. The van der Waals surface area contributed by atoms with Gasteiger partial charge >= 0.3 is 18.0 Å². The number of aliphatic imine (C=N–C) groups is 1. The van der Waals surface area contributed by atoms with E-state index in [4.69, 9.17) is 18.3 Å². The Labute approximate surface area is 340 Å². The number of thioether (sulfide) groups is 1. The Morgan fingerprint density at radius 3 is 2.16 bits per heavy atom. The summed E-state index contributed by atoms with van der Waals surface area (Å²) in [5.74, 6) is -2.27. The van der Waals surface area contributed by atoms with Crippen LogP contribution in [0, 0.1) is 5.92 Å². The number of aliphatic carboxylic acids is 1. The molecule has 57 heavy (non-hydrogen) atoms. The number of oxazole rings is 1. The quantitative estimate of drug-likeness (QED) is 0.0630. The average Bonchev–Trinajstić information content (AvgIpc) is 3.77. The summed E-state index contributed by atoms with van der Waals surface area (Å²) in [5, 5.41) is 17.6. The Morgan fingerprint density at radius 1 is 1.00 bits per heavy atom. The number of nitrogens with zero attached hydrogens (tertiary/aromatic N) is 2. The number of rotatable bonds is 17. The highest BCUT2D eigenvalue weighted by Gasteiger charge is 2.50. The van der Waals surface area contributed by atoms with Gasteiger partial charge < -0.3 is 34.1 Å². The zero-order valence-electron chi connectivity index (χ0n) is 34.3. The number of carboxylic acids is 1. The smallest absolute Gasteiger partial charge is 0.408 e. The van der Waals surface area contributed by atoms with Gasteiger partial charge in [-0.15, -0.1) is 11.8 Å². The molecule has 0 saturated carbocycles. The molecule has 15 heteroatoms. The van der Waals surface area contributed by atoms with Gasteiger partial charge in [-0.05, 0) is 61.5 Å². The van der Waals surface area contributed by atoms with Crippen LogP contribution in [0.2, 0.25) is 5.04 Å². The number of ether oxygens (including phenoxy) is 2. The predicted octanol–water partition coefficient (Wildman–Crippen LogP) is 6.00. The molecule has 1 aliphatic heterocycles. The van der Waals surface area contributed by atoms with Crippen LogP contribution >= 0.6 is 11.8 Å². The van der Waals surface area contributed by atoms with Gasteiger partial charge in [-0.25, -0.2) is 14.6 Å². The van der Waals surface area contributed by atoms with Crippen molar-refractivity contribution in [2.45, 2.75) is 110 Å². The highest BCUT2D eigenvalue weighted by molar-refractivity contribution is 8.14. The van der Waals surface area contributed by atoms with Crippen molar-refractivity contribution in [2.24, 2.45) is 10.9 Å². The maximum Gasteiger partial charge on any atom is 0.408 e. The number of esters is 1. The fourth-order valence-corrected chi connectivity index (χ4v) is 12.0. The third-order valence-electron chi connectivity index (χ3n) is 9.10. The van der Waals surface area contributed by atoms with Gasteiger partial charge in [-0.2, -0.15) is 0 Å². The van der Waals surface area contributed by atoms with Crippen molar-refractivity contribution < 1.29 is 42.6 Å². The number of hydrogen-bond acceptors (Lipinski definition) is 11. The molecule has 2 amide bonds. The lowest BCUT2D eigenvalue weighted by atomic mass is 10.0. The SMILES string of the molecule is CC(C)C(NC(=O)[C@]1(C)CSC(c2coc(CNC(=O)OC(C)(C)C)n2)=N1)C(=O)OC(/C=C/CCO[Si](c1ccccc1)(c1ccccc1)C(C)(C)C)CC(=O)O. The number of hydrogen-bond donors (Lipinski definition) is 3. The fourth-order valence-electron chi connectivity index (χ4n) is 6.33. The molecule has 1 aliphatic rings. The molecular formula is C42H56N4O9SSi. The van der Waals surface area contributed by atoms with Gasteiger partial charge in [0, 0.05) is 12.4 Å². The summed E-state index contributed by atoms with van der Waals surface area (Å²) in [7, 11) is -2.77. The molecule has 1 aromatic heterocycles. The van der Waals surface area contributed by atoms with Crippen LogP contribution in [-0.2, 0) is 34.8 Å². The molecule has 0 spiro atoms. The van der Waals surface area contributed by atoms with Crippen molar-refractivity contribution in [1.29, 1.82) is 0 Å². The first-order valence-corrected chi connectivity index (χ1v) is 21.9. The maximum atomic E-state index is 13.7.